The van der Waals surface area contributed by atoms with Crippen molar-refractivity contribution in [2.75, 3.05) is 16.3 Å². The van der Waals surface area contributed by atoms with Crippen LogP contribution in [0.15, 0.2) is 84.9 Å². The second-order valence-electron chi connectivity index (χ2n) is 12.1. The van der Waals surface area contributed by atoms with Gasteiger partial charge in [-0.1, -0.05) is 77.8 Å². The van der Waals surface area contributed by atoms with Crippen LogP contribution in [0.2, 0.25) is 10.0 Å². The van der Waals surface area contributed by atoms with Crippen LogP contribution in [0, 0.1) is 24.7 Å². The van der Waals surface area contributed by atoms with Gasteiger partial charge in [0.2, 0.25) is 17.7 Å². The standard InChI is InChI=1S/C36H26Cl2N2O5/c1-18-15-20(45-36(44)19-16-28(41)39(17-19)27-12-6-11-25(37)33(27)38)13-14-26(18)40-34(42)31-29-21-7-2-3-8-22(21)30(32(31)35(40)43)24-10-5-4-9-23(24)29/h2-15,19,29-32H,16-17H2,1H3/t19-,29?,30?,31-,32-/m1/s1. The fourth-order valence-corrected chi connectivity index (χ4v) is 8.25. The number of nitrogens with zero attached hydrogens (tertiary/aromatic N) is 2. The SMILES string of the molecule is Cc1cc(OC(=O)[C@@H]2CC(=O)N(c3cccc(Cl)c3Cl)C2)ccc1N1C(=O)[C@@H]2C3c4ccccc4C(c4ccccc43)[C@H]2C1=O. The third kappa shape index (κ3) is 4.10. The summed E-state index contributed by atoms with van der Waals surface area (Å²) in [4.78, 5) is 56.9. The summed E-state index contributed by atoms with van der Waals surface area (Å²) in [7, 11) is 0. The number of benzene rings is 4. The number of carbonyl (C=O) groups is 4. The van der Waals surface area contributed by atoms with Gasteiger partial charge in [-0.2, -0.15) is 0 Å². The molecule has 0 unspecified atom stereocenters. The second-order valence-corrected chi connectivity index (χ2v) is 12.9. The maximum atomic E-state index is 14.1. The van der Waals surface area contributed by atoms with Crippen LogP contribution in [-0.4, -0.2) is 30.2 Å². The number of ether oxygens (including phenoxy) is 1. The highest BCUT2D eigenvalue weighted by molar-refractivity contribution is 6.44. The molecule has 224 valence electrons. The Bertz CT molecular complexity index is 1860. The van der Waals surface area contributed by atoms with Gasteiger partial charge in [-0.25, -0.2) is 4.90 Å². The van der Waals surface area contributed by atoms with E-state index in [9.17, 15) is 19.2 Å². The summed E-state index contributed by atoms with van der Waals surface area (Å²) in [5.74, 6) is -3.00. The Balaban J connectivity index is 1.04. The summed E-state index contributed by atoms with van der Waals surface area (Å²) >= 11 is 12.4. The molecule has 9 rings (SSSR count). The molecule has 0 saturated carbocycles. The molecular weight excluding hydrogens is 611 g/mol. The van der Waals surface area contributed by atoms with E-state index in [0.717, 1.165) is 22.3 Å². The van der Waals surface area contributed by atoms with Crippen molar-refractivity contribution in [2.24, 2.45) is 17.8 Å². The molecule has 7 nitrogen and oxygen atoms in total. The van der Waals surface area contributed by atoms with E-state index >= 15 is 0 Å². The van der Waals surface area contributed by atoms with Crippen LogP contribution in [-0.2, 0) is 19.2 Å². The number of rotatable bonds is 4. The van der Waals surface area contributed by atoms with Crippen molar-refractivity contribution >= 4 is 58.3 Å². The maximum Gasteiger partial charge on any atom is 0.316 e. The Kier molecular flexibility index (Phi) is 6.41. The molecule has 4 aromatic rings. The molecule has 3 aliphatic carbocycles. The first-order valence-corrected chi connectivity index (χ1v) is 15.6. The summed E-state index contributed by atoms with van der Waals surface area (Å²) in [5, 5.41) is 0.568. The fourth-order valence-electron chi connectivity index (χ4n) is 7.86. The van der Waals surface area contributed by atoms with Gasteiger partial charge in [-0.15, -0.1) is 0 Å². The molecule has 4 aromatic carbocycles. The molecule has 0 spiro atoms. The molecule has 9 heteroatoms. The van der Waals surface area contributed by atoms with E-state index < -0.39 is 23.7 Å². The fraction of sp³-hybridized carbons (Fsp3) is 0.222. The molecule has 3 atom stereocenters. The number of hydrogen-bond acceptors (Lipinski definition) is 5. The van der Waals surface area contributed by atoms with Crippen molar-refractivity contribution in [2.45, 2.75) is 25.2 Å². The Morgan fingerprint density at radius 2 is 1.33 bits per heavy atom. The Morgan fingerprint density at radius 3 is 1.89 bits per heavy atom. The lowest BCUT2D eigenvalue weighted by Gasteiger charge is -2.45. The van der Waals surface area contributed by atoms with Crippen molar-refractivity contribution in [3.05, 3.63) is 123 Å². The number of amides is 3. The van der Waals surface area contributed by atoms with Crippen molar-refractivity contribution < 1.29 is 23.9 Å². The number of esters is 1. The Hall–Kier alpha value is -4.46. The van der Waals surface area contributed by atoms with Gasteiger partial charge in [0.05, 0.1) is 39.2 Å². The zero-order valence-corrected chi connectivity index (χ0v) is 25.6. The third-order valence-corrected chi connectivity index (χ3v) is 10.6. The van der Waals surface area contributed by atoms with Gasteiger partial charge < -0.3 is 9.64 Å². The van der Waals surface area contributed by atoms with Gasteiger partial charge in [-0.3, -0.25) is 19.2 Å². The lowest BCUT2D eigenvalue weighted by molar-refractivity contribution is -0.139. The first kappa shape index (κ1) is 28.0. The van der Waals surface area contributed by atoms with Crippen LogP contribution in [0.25, 0.3) is 0 Å². The number of carbonyl (C=O) groups excluding carboxylic acids is 4. The molecule has 0 aromatic heterocycles. The molecule has 45 heavy (non-hydrogen) atoms. The highest BCUT2D eigenvalue weighted by Gasteiger charge is 2.61. The van der Waals surface area contributed by atoms with E-state index in [0.29, 0.717) is 22.0 Å². The molecule has 0 N–H and O–H groups in total. The van der Waals surface area contributed by atoms with Crippen molar-refractivity contribution in [1.82, 2.24) is 0 Å². The van der Waals surface area contributed by atoms with Gasteiger partial charge >= 0.3 is 5.97 Å². The van der Waals surface area contributed by atoms with E-state index in [1.165, 1.54) is 9.80 Å². The number of anilines is 2. The van der Waals surface area contributed by atoms with Crippen LogP contribution in [0.1, 0.15) is 46.1 Å². The first-order valence-electron chi connectivity index (χ1n) is 14.9. The van der Waals surface area contributed by atoms with Crippen LogP contribution < -0.4 is 14.5 Å². The predicted octanol–water partition coefficient (Wildman–Crippen LogP) is 6.66. The lowest BCUT2D eigenvalue weighted by Crippen LogP contribution is -2.41. The van der Waals surface area contributed by atoms with Gasteiger partial charge in [0.1, 0.15) is 5.75 Å². The molecule has 2 bridgehead atoms. The molecule has 2 fully saturated rings. The number of imide groups is 1. The largest absolute Gasteiger partial charge is 0.426 e. The molecule has 2 saturated heterocycles. The second kappa shape index (κ2) is 10.3. The number of aryl methyl sites for hydroxylation is 1. The predicted molar refractivity (Wildman–Crippen MR) is 170 cm³/mol. The van der Waals surface area contributed by atoms with Crippen LogP contribution in [0.4, 0.5) is 11.4 Å². The van der Waals surface area contributed by atoms with E-state index in [4.69, 9.17) is 27.9 Å². The Labute approximate surface area is 269 Å². The summed E-state index contributed by atoms with van der Waals surface area (Å²) in [6.07, 6.45) is -0.0224. The highest BCUT2D eigenvalue weighted by Crippen LogP contribution is 2.61. The lowest BCUT2D eigenvalue weighted by atomic mass is 9.55. The van der Waals surface area contributed by atoms with Gasteiger partial charge in [-0.05, 0) is 65.1 Å². The topological polar surface area (TPSA) is 84.0 Å². The monoisotopic (exact) mass is 636 g/mol. The van der Waals surface area contributed by atoms with Crippen LogP contribution >= 0.6 is 23.2 Å². The minimum atomic E-state index is -0.698. The van der Waals surface area contributed by atoms with E-state index in [2.05, 4.69) is 24.3 Å². The molecular formula is C36H26Cl2N2O5. The van der Waals surface area contributed by atoms with E-state index in [-0.39, 0.29) is 53.3 Å². The average Bonchev–Trinajstić information content (AvgIpc) is 3.55. The number of hydrogen-bond donors (Lipinski definition) is 0. The minimum absolute atomic E-state index is 0.0224. The average molecular weight is 638 g/mol. The molecule has 5 aliphatic rings. The normalized spacial score (nSPS) is 24.5. The quantitative estimate of drug-likeness (QED) is 0.142. The van der Waals surface area contributed by atoms with E-state index in [1.54, 1.807) is 43.3 Å². The van der Waals surface area contributed by atoms with E-state index in [1.807, 2.05) is 24.3 Å². The number of halogens is 2. The molecule has 0 radical (unpaired) electrons. The zero-order valence-electron chi connectivity index (χ0n) is 24.1. The highest BCUT2D eigenvalue weighted by atomic mass is 35.5. The smallest absolute Gasteiger partial charge is 0.316 e. The molecule has 3 amide bonds. The van der Waals surface area contributed by atoms with Crippen LogP contribution in [0.3, 0.4) is 0 Å². The first-order chi connectivity index (χ1) is 21.7. The maximum absolute atomic E-state index is 14.1. The van der Waals surface area contributed by atoms with Gasteiger partial charge in [0.15, 0.2) is 0 Å². The summed E-state index contributed by atoms with van der Waals surface area (Å²) < 4.78 is 5.70. The summed E-state index contributed by atoms with van der Waals surface area (Å²) in [5.41, 5.74) is 6.02. The zero-order chi connectivity index (χ0) is 31.1. The van der Waals surface area contributed by atoms with Gasteiger partial charge in [0.25, 0.3) is 0 Å². The van der Waals surface area contributed by atoms with Crippen molar-refractivity contribution in [3.8, 4) is 5.75 Å². The summed E-state index contributed by atoms with van der Waals surface area (Å²) in [6.45, 7) is 1.90. The third-order valence-electron chi connectivity index (χ3n) is 9.76. The Morgan fingerprint density at radius 1 is 0.756 bits per heavy atom. The molecule has 2 aliphatic heterocycles. The minimum Gasteiger partial charge on any atom is -0.426 e. The van der Waals surface area contributed by atoms with Crippen molar-refractivity contribution in [1.29, 1.82) is 0 Å². The van der Waals surface area contributed by atoms with Crippen LogP contribution in [0.5, 0.6) is 5.75 Å². The van der Waals surface area contributed by atoms with Crippen molar-refractivity contribution in [3.63, 3.8) is 0 Å². The van der Waals surface area contributed by atoms with Gasteiger partial charge in [0, 0.05) is 24.8 Å². The molecule has 2 heterocycles. The summed E-state index contributed by atoms with van der Waals surface area (Å²) in [6, 6.07) is 26.2.